The van der Waals surface area contributed by atoms with Crippen LogP contribution in [0.15, 0.2) is 18.2 Å². The Hall–Kier alpha value is -0.980. The van der Waals surface area contributed by atoms with Crippen molar-refractivity contribution >= 4 is 5.69 Å². The smallest absolute Gasteiger partial charge is 0.0405 e. The largest absolute Gasteiger partial charge is 0.385 e. The molecule has 1 aromatic rings. The zero-order valence-corrected chi connectivity index (χ0v) is 11.7. The van der Waals surface area contributed by atoms with Crippen molar-refractivity contribution in [3.05, 3.63) is 29.3 Å². The van der Waals surface area contributed by atoms with Gasteiger partial charge in [-0.1, -0.05) is 58.2 Å². The van der Waals surface area contributed by atoms with Crippen molar-refractivity contribution in [2.45, 2.75) is 59.3 Å². The van der Waals surface area contributed by atoms with Crippen LogP contribution in [-0.4, -0.2) is 6.54 Å². The van der Waals surface area contributed by atoms with Gasteiger partial charge in [-0.15, -0.1) is 0 Å². The molecule has 0 radical (unpaired) electrons. The van der Waals surface area contributed by atoms with Crippen LogP contribution in [0.3, 0.4) is 0 Å². The molecule has 0 spiro atoms. The molecule has 0 aliphatic rings. The van der Waals surface area contributed by atoms with Crippen LogP contribution < -0.4 is 5.32 Å². The number of anilines is 1. The van der Waals surface area contributed by atoms with Gasteiger partial charge in [0.25, 0.3) is 0 Å². The van der Waals surface area contributed by atoms with Crippen LogP contribution in [0, 0.1) is 0 Å². The van der Waals surface area contributed by atoms with Crippen LogP contribution in [0.1, 0.15) is 57.6 Å². The molecule has 0 amide bonds. The number of hydrogen-bond acceptors (Lipinski definition) is 1. The Bertz CT molecular complexity index is 295. The molecule has 0 aromatic heterocycles. The third-order valence-electron chi connectivity index (χ3n) is 3.33. The molecule has 0 aliphatic carbocycles. The van der Waals surface area contributed by atoms with Gasteiger partial charge in [0.05, 0.1) is 0 Å². The first-order valence-electron chi connectivity index (χ1n) is 7.18. The van der Waals surface area contributed by atoms with E-state index in [1.165, 1.54) is 42.5 Å². The Morgan fingerprint density at radius 1 is 0.882 bits per heavy atom. The number of aryl methyl sites for hydroxylation is 2. The van der Waals surface area contributed by atoms with Crippen molar-refractivity contribution in [3.63, 3.8) is 0 Å². The molecule has 0 unspecified atom stereocenters. The standard InChI is InChI=1S/C16H27N/c1-4-7-8-9-13-17-16-14(5-2)11-10-12-15(16)6-3/h10-12,17H,4-9,13H2,1-3H3. The molecule has 1 nitrogen and oxygen atoms in total. The van der Waals surface area contributed by atoms with E-state index in [4.69, 9.17) is 0 Å². The maximum absolute atomic E-state index is 3.64. The average Bonchev–Trinajstić information content (AvgIpc) is 2.38. The summed E-state index contributed by atoms with van der Waals surface area (Å²) in [5.41, 5.74) is 4.31. The summed E-state index contributed by atoms with van der Waals surface area (Å²) < 4.78 is 0. The fourth-order valence-electron chi connectivity index (χ4n) is 2.23. The van der Waals surface area contributed by atoms with E-state index in [1.54, 1.807) is 0 Å². The highest BCUT2D eigenvalue weighted by molar-refractivity contribution is 5.57. The van der Waals surface area contributed by atoms with E-state index in [0.29, 0.717) is 0 Å². The average molecular weight is 233 g/mol. The summed E-state index contributed by atoms with van der Waals surface area (Å²) in [6.45, 7) is 7.84. The first kappa shape index (κ1) is 14.1. The predicted octanol–water partition coefficient (Wildman–Crippen LogP) is 4.80. The van der Waals surface area contributed by atoms with Gasteiger partial charge in [0.15, 0.2) is 0 Å². The number of rotatable bonds is 8. The third kappa shape index (κ3) is 4.41. The lowest BCUT2D eigenvalue weighted by Crippen LogP contribution is -2.06. The van der Waals surface area contributed by atoms with Crippen LogP contribution in [0.25, 0.3) is 0 Å². The molecule has 0 heterocycles. The third-order valence-corrected chi connectivity index (χ3v) is 3.33. The molecule has 0 aliphatic heterocycles. The van der Waals surface area contributed by atoms with Crippen molar-refractivity contribution < 1.29 is 0 Å². The summed E-state index contributed by atoms with van der Waals surface area (Å²) in [6, 6.07) is 6.67. The molecule has 0 saturated carbocycles. The van der Waals surface area contributed by atoms with E-state index in [0.717, 1.165) is 19.4 Å². The number of para-hydroxylation sites is 1. The summed E-state index contributed by atoms with van der Waals surface area (Å²) in [7, 11) is 0. The van der Waals surface area contributed by atoms with Gasteiger partial charge >= 0.3 is 0 Å². The maximum atomic E-state index is 3.64. The molecule has 0 saturated heterocycles. The summed E-state index contributed by atoms with van der Waals surface area (Å²) in [6.07, 6.45) is 7.54. The van der Waals surface area contributed by atoms with E-state index in [2.05, 4.69) is 44.3 Å². The molecule has 1 aromatic carbocycles. The minimum absolute atomic E-state index is 1.12. The van der Waals surface area contributed by atoms with E-state index < -0.39 is 0 Å². The molecule has 1 rings (SSSR count). The Kier molecular flexibility index (Phi) is 6.76. The van der Waals surface area contributed by atoms with Crippen molar-refractivity contribution in [1.82, 2.24) is 0 Å². The highest BCUT2D eigenvalue weighted by Crippen LogP contribution is 2.22. The Morgan fingerprint density at radius 3 is 2.06 bits per heavy atom. The SMILES string of the molecule is CCCCCCNc1c(CC)cccc1CC. The molecule has 17 heavy (non-hydrogen) atoms. The minimum atomic E-state index is 1.12. The van der Waals surface area contributed by atoms with Gasteiger partial charge in [-0.05, 0) is 30.4 Å². The lowest BCUT2D eigenvalue weighted by molar-refractivity contribution is 0.684. The Morgan fingerprint density at radius 2 is 1.53 bits per heavy atom. The monoisotopic (exact) mass is 233 g/mol. The summed E-state index contributed by atoms with van der Waals surface area (Å²) in [5.74, 6) is 0. The second kappa shape index (κ2) is 8.16. The first-order chi connectivity index (χ1) is 8.33. The van der Waals surface area contributed by atoms with Gasteiger partial charge in [-0.25, -0.2) is 0 Å². The number of unbranched alkanes of at least 4 members (excludes halogenated alkanes) is 3. The van der Waals surface area contributed by atoms with Crippen molar-refractivity contribution in [1.29, 1.82) is 0 Å². The van der Waals surface area contributed by atoms with Crippen LogP contribution in [-0.2, 0) is 12.8 Å². The van der Waals surface area contributed by atoms with Crippen molar-refractivity contribution in [2.75, 3.05) is 11.9 Å². The Balaban J connectivity index is 2.55. The fraction of sp³-hybridized carbons (Fsp3) is 0.625. The van der Waals surface area contributed by atoms with Crippen molar-refractivity contribution in [3.8, 4) is 0 Å². The lowest BCUT2D eigenvalue weighted by Gasteiger charge is -2.15. The molecule has 0 bridgehead atoms. The molecular formula is C16H27N. The highest BCUT2D eigenvalue weighted by atomic mass is 14.9. The van der Waals surface area contributed by atoms with Gasteiger partial charge in [-0.2, -0.15) is 0 Å². The van der Waals surface area contributed by atoms with Crippen molar-refractivity contribution in [2.24, 2.45) is 0 Å². The molecular weight excluding hydrogens is 206 g/mol. The molecule has 96 valence electrons. The topological polar surface area (TPSA) is 12.0 Å². The van der Waals surface area contributed by atoms with Gasteiger partial charge in [0.1, 0.15) is 0 Å². The maximum Gasteiger partial charge on any atom is 0.0405 e. The second-order valence-electron chi connectivity index (χ2n) is 4.65. The fourth-order valence-corrected chi connectivity index (χ4v) is 2.23. The van der Waals surface area contributed by atoms with Crippen LogP contribution in [0.5, 0.6) is 0 Å². The van der Waals surface area contributed by atoms with Gasteiger partial charge in [0, 0.05) is 12.2 Å². The molecule has 1 N–H and O–H groups in total. The summed E-state index contributed by atoms with van der Waals surface area (Å²) in [5, 5.41) is 3.64. The summed E-state index contributed by atoms with van der Waals surface area (Å²) in [4.78, 5) is 0. The van der Waals surface area contributed by atoms with E-state index >= 15 is 0 Å². The first-order valence-corrected chi connectivity index (χ1v) is 7.18. The highest BCUT2D eigenvalue weighted by Gasteiger charge is 2.04. The van der Waals surface area contributed by atoms with Crippen LogP contribution in [0.2, 0.25) is 0 Å². The van der Waals surface area contributed by atoms with Crippen LogP contribution in [0.4, 0.5) is 5.69 Å². The van der Waals surface area contributed by atoms with E-state index in [9.17, 15) is 0 Å². The Labute approximate surface area is 107 Å². The number of nitrogens with one attached hydrogen (secondary N) is 1. The lowest BCUT2D eigenvalue weighted by atomic mass is 10.0. The zero-order valence-electron chi connectivity index (χ0n) is 11.7. The van der Waals surface area contributed by atoms with Gasteiger partial charge in [-0.3, -0.25) is 0 Å². The number of hydrogen-bond donors (Lipinski definition) is 1. The molecule has 1 heteroatoms. The normalized spacial score (nSPS) is 10.5. The van der Waals surface area contributed by atoms with Gasteiger partial charge in [0.2, 0.25) is 0 Å². The minimum Gasteiger partial charge on any atom is -0.385 e. The molecule has 0 fully saturated rings. The van der Waals surface area contributed by atoms with Gasteiger partial charge < -0.3 is 5.32 Å². The zero-order chi connectivity index (χ0) is 12.5. The molecule has 0 atom stereocenters. The number of benzene rings is 1. The summed E-state index contributed by atoms with van der Waals surface area (Å²) >= 11 is 0. The predicted molar refractivity (Wildman–Crippen MR) is 77.8 cm³/mol. The second-order valence-corrected chi connectivity index (χ2v) is 4.65. The van der Waals surface area contributed by atoms with E-state index in [-0.39, 0.29) is 0 Å². The quantitative estimate of drug-likeness (QED) is 0.636. The van der Waals surface area contributed by atoms with E-state index in [1.807, 2.05) is 0 Å². The van der Waals surface area contributed by atoms with Crippen LogP contribution >= 0.6 is 0 Å².